The highest BCUT2D eigenvalue weighted by molar-refractivity contribution is 8.45. The van der Waals surface area contributed by atoms with Crippen molar-refractivity contribution in [2.24, 2.45) is 0 Å². The van der Waals surface area contributed by atoms with Crippen LogP contribution in [0.25, 0.3) is 5.69 Å². The Kier molecular flexibility index (Phi) is 5.88. The molecule has 1 atom stereocenters. The molecule has 0 bridgehead atoms. The van der Waals surface area contributed by atoms with Gasteiger partial charge in [0.2, 0.25) is 0 Å². The number of benzene rings is 2. The van der Waals surface area contributed by atoms with Gasteiger partial charge < -0.3 is 9.13 Å². The minimum atomic E-state index is -9.81. The van der Waals surface area contributed by atoms with Gasteiger partial charge in [-0.05, 0) is 61.7 Å². The molecule has 0 spiro atoms. The van der Waals surface area contributed by atoms with E-state index in [0.717, 1.165) is 34.6 Å². The van der Waals surface area contributed by atoms with Crippen LogP contribution in [-0.2, 0) is 6.42 Å². The van der Waals surface area contributed by atoms with Crippen LogP contribution in [-0.4, -0.2) is 14.1 Å². The summed E-state index contributed by atoms with van der Waals surface area (Å²) in [7, 11) is -9.81. The summed E-state index contributed by atoms with van der Waals surface area (Å²) in [5.74, 6) is 0. The average Bonchev–Trinajstić information content (AvgIpc) is 3.24. The highest BCUT2D eigenvalue weighted by Crippen LogP contribution is 3.02. The molecule has 37 heavy (non-hydrogen) atoms. The number of aryl methyl sites for hydroxylation is 2. The van der Waals surface area contributed by atoms with Gasteiger partial charge in [0.1, 0.15) is 11.0 Å². The predicted molar refractivity (Wildman–Crippen MR) is 133 cm³/mol. The topological polar surface area (TPSA) is 63.6 Å². The first kappa shape index (κ1) is 26.2. The van der Waals surface area contributed by atoms with Gasteiger partial charge >= 0.3 is 10.2 Å². The smallest absolute Gasteiger partial charge is 0.307 e. The van der Waals surface area contributed by atoms with Gasteiger partial charge in [-0.15, -0.1) is 0 Å². The lowest BCUT2D eigenvalue weighted by molar-refractivity contribution is 0.364. The zero-order chi connectivity index (χ0) is 27.2. The summed E-state index contributed by atoms with van der Waals surface area (Å²) in [4.78, 5) is 15.5. The fraction of sp³-hybridized carbons (Fsp3) is 0.192. The van der Waals surface area contributed by atoms with Crippen LogP contribution < -0.4 is 5.56 Å². The molecule has 0 N–H and O–H groups in total. The largest absolute Gasteiger partial charge is 0.310 e. The minimum Gasteiger partial charge on any atom is -0.307 e. The maximum atomic E-state index is 13.3. The number of aromatic nitrogens is 3. The van der Waals surface area contributed by atoms with Crippen molar-refractivity contribution in [3.63, 3.8) is 0 Å². The molecule has 0 fully saturated rings. The predicted octanol–water partition coefficient (Wildman–Crippen LogP) is 7.38. The van der Waals surface area contributed by atoms with E-state index in [-0.39, 0.29) is 17.5 Å². The molecule has 0 saturated heterocycles. The van der Waals surface area contributed by atoms with E-state index in [4.69, 9.17) is 0 Å². The van der Waals surface area contributed by atoms with Crippen LogP contribution in [0.4, 0.5) is 19.4 Å². The molecule has 4 aromatic rings. The Morgan fingerprint density at radius 3 is 2.22 bits per heavy atom. The van der Waals surface area contributed by atoms with Gasteiger partial charge in [0, 0.05) is 30.1 Å². The number of hydrogen-bond donors (Lipinski definition) is 0. The Labute approximate surface area is 210 Å². The zero-order valence-corrected chi connectivity index (χ0v) is 20.9. The molecule has 4 rings (SSSR count). The van der Waals surface area contributed by atoms with Crippen LogP contribution >= 0.6 is 10.2 Å². The first-order valence-electron chi connectivity index (χ1n) is 11.2. The molecule has 2 heterocycles. The van der Waals surface area contributed by atoms with Crippen LogP contribution in [0.15, 0.2) is 76.9 Å². The van der Waals surface area contributed by atoms with Gasteiger partial charge in [-0.1, -0.05) is 43.7 Å². The summed E-state index contributed by atoms with van der Waals surface area (Å²) in [6.45, 7) is 5.36. The number of nitrogens with zero attached hydrogens (tertiary/aromatic N) is 4. The molecule has 2 aromatic heterocycles. The molecule has 0 unspecified atom stereocenters. The standard InChI is InChI=1S/C26H23F5N4OS/c1-17-10-20(4-9-25(17)34-14-18(2)33-16-34)11-23-12-21(13-32)15-35(26(23)36)19(3)22-5-7-24(8-6-22)37(27,28,29,30)31/h4-10,12,14-16,19H,11H2,1-3H3/t19-/m0/s1. The molecule has 0 saturated carbocycles. The second-order valence-electron chi connectivity index (χ2n) is 9.01. The van der Waals surface area contributed by atoms with E-state index >= 15 is 0 Å². The quantitative estimate of drug-likeness (QED) is 0.243. The van der Waals surface area contributed by atoms with Crippen molar-refractivity contribution in [1.82, 2.24) is 14.1 Å². The fourth-order valence-electron chi connectivity index (χ4n) is 4.19. The van der Waals surface area contributed by atoms with Crippen LogP contribution in [0.2, 0.25) is 0 Å². The highest BCUT2D eigenvalue weighted by Gasteiger charge is 2.65. The fourth-order valence-corrected chi connectivity index (χ4v) is 4.84. The number of pyridine rings is 1. The van der Waals surface area contributed by atoms with Crippen LogP contribution in [0.1, 0.15) is 46.5 Å². The summed E-state index contributed by atoms with van der Waals surface area (Å²) >= 11 is 0. The third kappa shape index (κ3) is 5.59. The Morgan fingerprint density at radius 2 is 1.68 bits per heavy atom. The van der Waals surface area contributed by atoms with Gasteiger partial charge in [0.15, 0.2) is 0 Å². The molecule has 0 aliphatic carbocycles. The molecular formula is C26H23F5N4OS. The molecule has 5 nitrogen and oxygen atoms in total. The van der Waals surface area contributed by atoms with Gasteiger partial charge in [-0.2, -0.15) is 5.26 Å². The lowest BCUT2D eigenvalue weighted by Crippen LogP contribution is -2.27. The van der Waals surface area contributed by atoms with Crippen LogP contribution in [0, 0.1) is 25.2 Å². The lowest BCUT2D eigenvalue weighted by Gasteiger charge is -2.40. The first-order chi connectivity index (χ1) is 17.1. The van der Waals surface area contributed by atoms with Crippen molar-refractivity contribution in [1.29, 1.82) is 5.26 Å². The van der Waals surface area contributed by atoms with E-state index in [0.29, 0.717) is 17.7 Å². The van der Waals surface area contributed by atoms with E-state index < -0.39 is 26.7 Å². The number of halogens is 5. The number of nitriles is 1. The zero-order valence-electron chi connectivity index (χ0n) is 20.1. The first-order valence-corrected chi connectivity index (χ1v) is 13.1. The molecule has 0 amide bonds. The number of hydrogen-bond acceptors (Lipinski definition) is 3. The van der Waals surface area contributed by atoms with Crippen molar-refractivity contribution in [3.05, 3.63) is 111 Å². The summed E-state index contributed by atoms with van der Waals surface area (Å²) in [6, 6.07) is 10.8. The Balaban J connectivity index is 1.68. The Hall–Kier alpha value is -3.91. The number of rotatable bonds is 6. The normalized spacial score (nSPS) is 14.5. The van der Waals surface area contributed by atoms with Crippen molar-refractivity contribution in [2.75, 3.05) is 0 Å². The summed E-state index contributed by atoms with van der Waals surface area (Å²) in [6.07, 6.45) is 5.12. The van der Waals surface area contributed by atoms with Crippen molar-refractivity contribution in [3.8, 4) is 11.8 Å². The Bertz CT molecular complexity index is 1600. The molecule has 0 aliphatic heterocycles. The third-order valence-electron chi connectivity index (χ3n) is 6.12. The van der Waals surface area contributed by atoms with Gasteiger partial charge in [-0.25, -0.2) is 4.98 Å². The molecule has 0 radical (unpaired) electrons. The van der Waals surface area contributed by atoms with E-state index in [2.05, 4.69) is 4.98 Å². The highest BCUT2D eigenvalue weighted by atomic mass is 32.5. The maximum Gasteiger partial charge on any atom is 0.310 e. The molecular weight excluding hydrogens is 511 g/mol. The van der Waals surface area contributed by atoms with Crippen molar-refractivity contribution in [2.45, 2.75) is 38.1 Å². The second kappa shape index (κ2) is 8.31. The van der Waals surface area contributed by atoms with Gasteiger partial charge in [0.25, 0.3) is 5.56 Å². The molecule has 2 aromatic carbocycles. The van der Waals surface area contributed by atoms with E-state index in [1.807, 2.05) is 48.9 Å². The van der Waals surface area contributed by atoms with Gasteiger partial charge in [-0.3, -0.25) is 4.79 Å². The summed E-state index contributed by atoms with van der Waals surface area (Å²) in [5.41, 5.74) is 3.85. The second-order valence-corrected chi connectivity index (χ2v) is 11.4. The molecule has 11 heteroatoms. The van der Waals surface area contributed by atoms with Crippen LogP contribution in [0.5, 0.6) is 0 Å². The van der Waals surface area contributed by atoms with Gasteiger partial charge in [0.05, 0.1) is 23.6 Å². The summed E-state index contributed by atoms with van der Waals surface area (Å²) < 4.78 is 68.5. The van der Waals surface area contributed by atoms with E-state index in [1.165, 1.54) is 16.8 Å². The number of imidazole rings is 1. The lowest BCUT2D eigenvalue weighted by atomic mass is 10.0. The van der Waals surface area contributed by atoms with E-state index in [1.54, 1.807) is 13.3 Å². The SMILES string of the molecule is Cc1cn(-c2ccc(Cc3cc(C#N)cn([C@@H](C)c4ccc(S(F)(F)(F)(F)F)cc4)c3=O)cc2C)cn1. The molecule has 194 valence electrons. The molecule has 0 aliphatic rings. The van der Waals surface area contributed by atoms with Crippen molar-refractivity contribution < 1.29 is 19.4 Å². The maximum absolute atomic E-state index is 13.3. The van der Waals surface area contributed by atoms with Crippen molar-refractivity contribution >= 4 is 10.2 Å². The Morgan fingerprint density at radius 1 is 1.00 bits per heavy atom. The third-order valence-corrected chi connectivity index (χ3v) is 7.28. The monoisotopic (exact) mass is 534 g/mol. The summed E-state index contributed by atoms with van der Waals surface area (Å²) in [5, 5.41) is 9.51. The van der Waals surface area contributed by atoms with Crippen LogP contribution in [0.3, 0.4) is 0 Å². The van der Waals surface area contributed by atoms with E-state index in [9.17, 15) is 29.5 Å². The average molecular weight is 535 g/mol. The minimum absolute atomic E-state index is 0.187.